The maximum absolute atomic E-state index is 5.98. The van der Waals surface area contributed by atoms with Crippen LogP contribution >= 0.6 is 0 Å². The fraction of sp³-hybridized carbons (Fsp3) is 0.176. The van der Waals surface area contributed by atoms with Gasteiger partial charge in [-0.25, -0.2) is 0 Å². The number of nitrogen functional groups attached to an aromatic ring is 1. The number of pyridine rings is 1. The van der Waals surface area contributed by atoms with Crippen molar-refractivity contribution in [1.29, 1.82) is 0 Å². The largest absolute Gasteiger partial charge is 0.380 e. The van der Waals surface area contributed by atoms with Crippen LogP contribution in [0.3, 0.4) is 0 Å². The molecule has 1 aromatic carbocycles. The van der Waals surface area contributed by atoms with Crippen LogP contribution < -0.4 is 5.73 Å². The first-order chi connectivity index (χ1) is 10.2. The highest BCUT2D eigenvalue weighted by Crippen LogP contribution is 2.36. The normalized spacial score (nSPS) is 11.0. The number of rotatable bonds is 3. The van der Waals surface area contributed by atoms with E-state index in [1.54, 1.807) is 6.20 Å². The van der Waals surface area contributed by atoms with Gasteiger partial charge in [-0.1, -0.05) is 49.3 Å². The van der Waals surface area contributed by atoms with E-state index in [2.05, 4.69) is 36.1 Å². The summed E-state index contributed by atoms with van der Waals surface area (Å²) < 4.78 is 5.38. The second-order valence-electron chi connectivity index (χ2n) is 5.26. The molecular formula is C17H17N3O. The molecule has 0 fully saturated rings. The van der Waals surface area contributed by atoms with E-state index in [9.17, 15) is 0 Å². The Bertz CT molecular complexity index is 730. The SMILES string of the molecule is CC(C)c1ccc(-c2c(N)noc2-c2ccccn2)cc1. The van der Waals surface area contributed by atoms with Crippen LogP contribution in [0.2, 0.25) is 0 Å². The van der Waals surface area contributed by atoms with E-state index in [1.807, 2.05) is 30.3 Å². The molecule has 0 aliphatic rings. The van der Waals surface area contributed by atoms with Crippen LogP contribution in [0.5, 0.6) is 0 Å². The van der Waals surface area contributed by atoms with Gasteiger partial charge < -0.3 is 10.3 Å². The second kappa shape index (κ2) is 5.40. The topological polar surface area (TPSA) is 64.9 Å². The third-order valence-electron chi connectivity index (χ3n) is 3.48. The summed E-state index contributed by atoms with van der Waals surface area (Å²) >= 11 is 0. The van der Waals surface area contributed by atoms with Gasteiger partial charge in [0, 0.05) is 6.20 Å². The van der Waals surface area contributed by atoms with Crippen LogP contribution in [0.25, 0.3) is 22.6 Å². The molecule has 2 aromatic heterocycles. The fourth-order valence-electron chi connectivity index (χ4n) is 2.29. The summed E-state index contributed by atoms with van der Waals surface area (Å²) in [6, 6.07) is 14.0. The fourth-order valence-corrected chi connectivity index (χ4v) is 2.29. The monoisotopic (exact) mass is 279 g/mol. The Kier molecular flexibility index (Phi) is 3.44. The van der Waals surface area contributed by atoms with E-state index >= 15 is 0 Å². The Hall–Kier alpha value is -2.62. The number of benzene rings is 1. The van der Waals surface area contributed by atoms with E-state index in [0.717, 1.165) is 16.8 Å². The number of hydrogen-bond acceptors (Lipinski definition) is 4. The number of anilines is 1. The predicted molar refractivity (Wildman–Crippen MR) is 83.7 cm³/mol. The summed E-state index contributed by atoms with van der Waals surface area (Å²) in [5.74, 6) is 1.48. The van der Waals surface area contributed by atoms with Crippen molar-refractivity contribution in [2.24, 2.45) is 0 Å². The molecule has 0 atom stereocenters. The zero-order valence-corrected chi connectivity index (χ0v) is 12.1. The van der Waals surface area contributed by atoms with E-state index in [4.69, 9.17) is 10.3 Å². The summed E-state index contributed by atoms with van der Waals surface area (Å²) in [4.78, 5) is 4.30. The molecule has 2 N–H and O–H groups in total. The first kappa shape index (κ1) is 13.4. The van der Waals surface area contributed by atoms with Gasteiger partial charge in [-0.3, -0.25) is 4.98 Å². The molecule has 0 aliphatic heterocycles. The molecule has 21 heavy (non-hydrogen) atoms. The van der Waals surface area contributed by atoms with Gasteiger partial charge in [0.05, 0.1) is 5.56 Å². The van der Waals surface area contributed by atoms with Crippen LogP contribution in [0, 0.1) is 0 Å². The number of aromatic nitrogens is 2. The van der Waals surface area contributed by atoms with Crippen LogP contribution in [-0.4, -0.2) is 10.1 Å². The standard InChI is InChI=1S/C17H17N3O/c1-11(2)12-6-8-13(9-7-12)15-16(21-20-17(15)18)14-5-3-4-10-19-14/h3-11H,1-2H3,(H2,18,20). The minimum absolute atomic E-state index is 0.382. The van der Waals surface area contributed by atoms with Crippen LogP contribution in [0.4, 0.5) is 5.82 Å². The van der Waals surface area contributed by atoms with Gasteiger partial charge in [0.25, 0.3) is 0 Å². The highest BCUT2D eigenvalue weighted by molar-refractivity contribution is 5.85. The molecule has 106 valence electrons. The molecule has 0 saturated heterocycles. The second-order valence-corrected chi connectivity index (χ2v) is 5.26. The smallest absolute Gasteiger partial charge is 0.195 e. The molecule has 0 unspecified atom stereocenters. The van der Waals surface area contributed by atoms with Gasteiger partial charge in [-0.2, -0.15) is 0 Å². The van der Waals surface area contributed by atoms with Crippen molar-refractivity contribution < 1.29 is 4.52 Å². The van der Waals surface area contributed by atoms with E-state index in [1.165, 1.54) is 5.56 Å². The molecule has 3 aromatic rings. The molecule has 0 aliphatic carbocycles. The minimum Gasteiger partial charge on any atom is -0.380 e. The molecule has 3 rings (SSSR count). The Labute approximate surface area is 123 Å². The number of nitrogens with zero attached hydrogens (tertiary/aromatic N) is 2. The Morgan fingerprint density at radius 3 is 2.43 bits per heavy atom. The highest BCUT2D eigenvalue weighted by Gasteiger charge is 2.18. The molecule has 2 heterocycles. The first-order valence-electron chi connectivity index (χ1n) is 6.93. The van der Waals surface area contributed by atoms with Crippen molar-refractivity contribution >= 4 is 5.82 Å². The molecular weight excluding hydrogens is 262 g/mol. The average molecular weight is 279 g/mol. The molecule has 0 radical (unpaired) electrons. The lowest BCUT2D eigenvalue weighted by molar-refractivity contribution is 0.435. The maximum atomic E-state index is 5.98. The van der Waals surface area contributed by atoms with Gasteiger partial charge in [-0.05, 0) is 29.2 Å². The van der Waals surface area contributed by atoms with Gasteiger partial charge in [0.2, 0.25) is 0 Å². The van der Waals surface area contributed by atoms with Gasteiger partial charge >= 0.3 is 0 Å². The van der Waals surface area contributed by atoms with Crippen molar-refractivity contribution in [3.8, 4) is 22.6 Å². The predicted octanol–water partition coefficient (Wildman–Crippen LogP) is 4.11. The summed E-state index contributed by atoms with van der Waals surface area (Å²) in [7, 11) is 0. The molecule has 4 nitrogen and oxygen atoms in total. The highest BCUT2D eigenvalue weighted by atomic mass is 16.5. The quantitative estimate of drug-likeness (QED) is 0.783. The van der Waals surface area contributed by atoms with E-state index in [-0.39, 0.29) is 0 Å². The Morgan fingerprint density at radius 1 is 1.05 bits per heavy atom. The number of hydrogen-bond donors (Lipinski definition) is 1. The Morgan fingerprint density at radius 2 is 1.81 bits per heavy atom. The zero-order valence-electron chi connectivity index (χ0n) is 12.1. The minimum atomic E-state index is 0.382. The maximum Gasteiger partial charge on any atom is 0.195 e. The van der Waals surface area contributed by atoms with Crippen molar-refractivity contribution in [2.45, 2.75) is 19.8 Å². The van der Waals surface area contributed by atoms with Crippen molar-refractivity contribution in [1.82, 2.24) is 10.1 Å². The summed E-state index contributed by atoms with van der Waals surface area (Å²) in [6.45, 7) is 4.34. The summed E-state index contributed by atoms with van der Waals surface area (Å²) in [6.07, 6.45) is 1.72. The molecule has 4 heteroatoms. The molecule has 0 amide bonds. The van der Waals surface area contributed by atoms with Gasteiger partial charge in [0.15, 0.2) is 11.6 Å². The van der Waals surface area contributed by atoms with E-state index < -0.39 is 0 Å². The van der Waals surface area contributed by atoms with Crippen LogP contribution in [0.15, 0.2) is 53.2 Å². The molecule has 0 saturated carbocycles. The van der Waals surface area contributed by atoms with Gasteiger partial charge in [0.1, 0.15) is 5.69 Å². The van der Waals surface area contributed by atoms with Crippen molar-refractivity contribution in [3.63, 3.8) is 0 Å². The van der Waals surface area contributed by atoms with Crippen LogP contribution in [-0.2, 0) is 0 Å². The lowest BCUT2D eigenvalue weighted by Gasteiger charge is -2.07. The van der Waals surface area contributed by atoms with Crippen molar-refractivity contribution in [3.05, 3.63) is 54.2 Å². The van der Waals surface area contributed by atoms with E-state index in [0.29, 0.717) is 17.5 Å². The third kappa shape index (κ3) is 2.52. The van der Waals surface area contributed by atoms with Gasteiger partial charge in [-0.15, -0.1) is 0 Å². The lowest BCUT2D eigenvalue weighted by atomic mass is 9.98. The van der Waals surface area contributed by atoms with Crippen LogP contribution in [0.1, 0.15) is 25.3 Å². The first-order valence-corrected chi connectivity index (χ1v) is 6.93. The molecule has 0 spiro atoms. The molecule has 0 bridgehead atoms. The Balaban J connectivity index is 2.08. The summed E-state index contributed by atoms with van der Waals surface area (Å²) in [5, 5.41) is 3.89. The lowest BCUT2D eigenvalue weighted by Crippen LogP contribution is -1.91. The zero-order chi connectivity index (χ0) is 14.8. The average Bonchev–Trinajstić information content (AvgIpc) is 2.90. The summed E-state index contributed by atoms with van der Waals surface area (Å²) in [5.41, 5.74) is 9.77. The van der Waals surface area contributed by atoms with Crippen molar-refractivity contribution in [2.75, 3.05) is 5.73 Å². The third-order valence-corrected chi connectivity index (χ3v) is 3.48. The number of nitrogens with two attached hydrogens (primary N) is 1.